The third kappa shape index (κ3) is 4.00. The fraction of sp³-hybridized carbons (Fsp3) is 0.174. The minimum atomic E-state index is -0.0309. The molecule has 8 heteroatoms. The number of aromatic nitrogens is 4. The third-order valence-corrected chi connectivity index (χ3v) is 5.06. The SMILES string of the molecule is Cc1ccc(C(=O)N2CC(Oc3ccc(-c4noc(-c5ccncc5)n4)cc3)C2)cn1. The van der Waals surface area contributed by atoms with Crippen molar-refractivity contribution in [2.75, 3.05) is 13.1 Å². The Labute approximate surface area is 178 Å². The Kier molecular flexibility index (Phi) is 4.87. The highest BCUT2D eigenvalue weighted by atomic mass is 16.5. The van der Waals surface area contributed by atoms with Gasteiger partial charge in [-0.05, 0) is 55.5 Å². The van der Waals surface area contributed by atoms with Crippen molar-refractivity contribution in [3.05, 3.63) is 78.4 Å². The lowest BCUT2D eigenvalue weighted by Gasteiger charge is -2.39. The van der Waals surface area contributed by atoms with Crippen molar-refractivity contribution >= 4 is 5.91 Å². The van der Waals surface area contributed by atoms with Gasteiger partial charge in [0.1, 0.15) is 11.9 Å². The fourth-order valence-corrected chi connectivity index (χ4v) is 3.28. The lowest BCUT2D eigenvalue weighted by Crippen LogP contribution is -2.56. The molecule has 0 N–H and O–H groups in total. The molecular formula is C23H19N5O3. The average Bonchev–Trinajstić information content (AvgIpc) is 3.27. The summed E-state index contributed by atoms with van der Waals surface area (Å²) in [5.41, 5.74) is 3.13. The van der Waals surface area contributed by atoms with Crippen LogP contribution >= 0.6 is 0 Å². The third-order valence-electron chi connectivity index (χ3n) is 5.06. The van der Waals surface area contributed by atoms with E-state index in [2.05, 4.69) is 20.1 Å². The zero-order valence-electron chi connectivity index (χ0n) is 16.8. The molecule has 1 aliphatic rings. The van der Waals surface area contributed by atoms with Crippen LogP contribution in [-0.4, -0.2) is 50.1 Å². The van der Waals surface area contributed by atoms with Gasteiger partial charge in [0.05, 0.1) is 18.7 Å². The van der Waals surface area contributed by atoms with Crippen LogP contribution < -0.4 is 4.74 Å². The Morgan fingerprint density at radius 3 is 2.52 bits per heavy atom. The molecule has 0 aliphatic carbocycles. The standard InChI is InChI=1S/C23H19N5O3/c1-15-2-3-18(12-25-15)23(29)28-13-20(14-28)30-19-6-4-16(5-7-19)21-26-22(31-27-21)17-8-10-24-11-9-17/h2-12,20H,13-14H2,1H3. The molecule has 3 aromatic heterocycles. The van der Waals surface area contributed by atoms with Gasteiger partial charge >= 0.3 is 0 Å². The van der Waals surface area contributed by atoms with Gasteiger partial charge in [0, 0.05) is 35.4 Å². The summed E-state index contributed by atoms with van der Waals surface area (Å²) in [5.74, 6) is 1.66. The summed E-state index contributed by atoms with van der Waals surface area (Å²) in [6.07, 6.45) is 4.94. The number of hydrogen-bond donors (Lipinski definition) is 0. The van der Waals surface area contributed by atoms with E-state index in [0.29, 0.717) is 30.4 Å². The molecule has 0 saturated carbocycles. The molecule has 1 fully saturated rings. The number of ether oxygens (including phenoxy) is 1. The van der Waals surface area contributed by atoms with Gasteiger partial charge in [-0.1, -0.05) is 5.16 Å². The van der Waals surface area contributed by atoms with Gasteiger partial charge in [-0.25, -0.2) is 0 Å². The summed E-state index contributed by atoms with van der Waals surface area (Å²) in [6, 6.07) is 14.8. The minimum absolute atomic E-state index is 0.0233. The van der Waals surface area contributed by atoms with Crippen molar-refractivity contribution in [2.24, 2.45) is 0 Å². The quantitative estimate of drug-likeness (QED) is 0.495. The zero-order chi connectivity index (χ0) is 21.2. The van der Waals surface area contributed by atoms with Crippen LogP contribution in [0.15, 0.2) is 71.6 Å². The smallest absolute Gasteiger partial charge is 0.258 e. The maximum absolute atomic E-state index is 12.4. The summed E-state index contributed by atoms with van der Waals surface area (Å²) in [7, 11) is 0. The Balaban J connectivity index is 1.18. The predicted molar refractivity (Wildman–Crippen MR) is 112 cm³/mol. The van der Waals surface area contributed by atoms with Gasteiger partial charge in [-0.3, -0.25) is 14.8 Å². The maximum atomic E-state index is 12.4. The van der Waals surface area contributed by atoms with E-state index >= 15 is 0 Å². The van der Waals surface area contributed by atoms with E-state index in [1.54, 1.807) is 29.6 Å². The highest BCUT2D eigenvalue weighted by Crippen LogP contribution is 2.25. The molecule has 0 spiro atoms. The maximum Gasteiger partial charge on any atom is 0.258 e. The van der Waals surface area contributed by atoms with Crippen LogP contribution in [0.25, 0.3) is 22.8 Å². The highest BCUT2D eigenvalue weighted by Gasteiger charge is 2.33. The van der Waals surface area contributed by atoms with E-state index in [1.165, 1.54) is 0 Å². The lowest BCUT2D eigenvalue weighted by atomic mass is 10.1. The number of amides is 1. The van der Waals surface area contributed by atoms with Gasteiger partial charge in [0.25, 0.3) is 11.8 Å². The van der Waals surface area contributed by atoms with Crippen molar-refractivity contribution in [2.45, 2.75) is 13.0 Å². The molecule has 31 heavy (non-hydrogen) atoms. The van der Waals surface area contributed by atoms with Crippen LogP contribution in [0.4, 0.5) is 0 Å². The molecule has 1 aliphatic heterocycles. The van der Waals surface area contributed by atoms with E-state index in [0.717, 1.165) is 22.6 Å². The fourth-order valence-electron chi connectivity index (χ4n) is 3.28. The first-order valence-corrected chi connectivity index (χ1v) is 9.89. The summed E-state index contributed by atoms with van der Waals surface area (Å²) in [5, 5.41) is 4.05. The van der Waals surface area contributed by atoms with Crippen molar-refractivity contribution in [3.8, 4) is 28.6 Å². The van der Waals surface area contributed by atoms with Crippen LogP contribution in [0.5, 0.6) is 5.75 Å². The average molecular weight is 413 g/mol. The van der Waals surface area contributed by atoms with Crippen LogP contribution in [0.2, 0.25) is 0 Å². The molecule has 8 nitrogen and oxygen atoms in total. The number of likely N-dealkylation sites (tertiary alicyclic amines) is 1. The summed E-state index contributed by atoms with van der Waals surface area (Å²) in [6.45, 7) is 2.99. The molecule has 4 aromatic rings. The first kappa shape index (κ1) is 18.9. The van der Waals surface area contributed by atoms with E-state index in [4.69, 9.17) is 9.26 Å². The normalized spacial score (nSPS) is 13.6. The number of benzene rings is 1. The van der Waals surface area contributed by atoms with E-state index in [9.17, 15) is 4.79 Å². The molecule has 0 radical (unpaired) electrons. The van der Waals surface area contributed by atoms with Gasteiger partial charge in [0.15, 0.2) is 0 Å². The molecule has 1 aromatic carbocycles. The second kappa shape index (κ2) is 7.98. The van der Waals surface area contributed by atoms with Crippen LogP contribution in [0.1, 0.15) is 16.1 Å². The van der Waals surface area contributed by atoms with Crippen molar-refractivity contribution in [3.63, 3.8) is 0 Å². The Hall–Kier alpha value is -4.07. The Morgan fingerprint density at radius 1 is 1.03 bits per heavy atom. The Bertz CT molecular complexity index is 1180. The molecule has 5 rings (SSSR count). The molecule has 0 atom stereocenters. The first-order valence-electron chi connectivity index (χ1n) is 9.89. The van der Waals surface area contributed by atoms with E-state index in [-0.39, 0.29) is 12.0 Å². The topological polar surface area (TPSA) is 94.2 Å². The summed E-state index contributed by atoms with van der Waals surface area (Å²) >= 11 is 0. The largest absolute Gasteiger partial charge is 0.487 e. The van der Waals surface area contributed by atoms with Crippen molar-refractivity contribution in [1.29, 1.82) is 0 Å². The Morgan fingerprint density at radius 2 is 1.81 bits per heavy atom. The van der Waals surface area contributed by atoms with Gasteiger partial charge in [-0.15, -0.1) is 0 Å². The van der Waals surface area contributed by atoms with Crippen LogP contribution in [-0.2, 0) is 0 Å². The molecule has 0 unspecified atom stereocenters. The molecule has 1 saturated heterocycles. The molecular weight excluding hydrogens is 394 g/mol. The second-order valence-electron chi connectivity index (χ2n) is 7.32. The molecule has 154 valence electrons. The van der Waals surface area contributed by atoms with Crippen LogP contribution in [0.3, 0.4) is 0 Å². The van der Waals surface area contributed by atoms with Gasteiger partial charge in [0.2, 0.25) is 5.82 Å². The van der Waals surface area contributed by atoms with Gasteiger partial charge < -0.3 is 14.2 Å². The number of pyridine rings is 2. The number of carbonyl (C=O) groups excluding carboxylic acids is 1. The number of carbonyl (C=O) groups is 1. The van der Waals surface area contributed by atoms with E-state index < -0.39 is 0 Å². The highest BCUT2D eigenvalue weighted by molar-refractivity contribution is 5.94. The molecule has 1 amide bonds. The number of hydrogen-bond acceptors (Lipinski definition) is 7. The predicted octanol–water partition coefficient (Wildman–Crippen LogP) is 3.41. The summed E-state index contributed by atoms with van der Waals surface area (Å²) < 4.78 is 11.3. The summed E-state index contributed by atoms with van der Waals surface area (Å²) in [4.78, 5) is 26.8. The number of nitrogens with zero attached hydrogens (tertiary/aromatic N) is 5. The van der Waals surface area contributed by atoms with Gasteiger partial charge in [-0.2, -0.15) is 4.98 Å². The molecule has 0 bridgehead atoms. The zero-order valence-corrected chi connectivity index (χ0v) is 16.8. The first-order chi connectivity index (χ1) is 15.2. The second-order valence-corrected chi connectivity index (χ2v) is 7.32. The minimum Gasteiger partial charge on any atom is -0.487 e. The van der Waals surface area contributed by atoms with Crippen molar-refractivity contribution in [1.82, 2.24) is 25.0 Å². The number of rotatable bonds is 5. The lowest BCUT2D eigenvalue weighted by molar-refractivity contribution is 0.0177. The molecule has 4 heterocycles. The van der Waals surface area contributed by atoms with Crippen molar-refractivity contribution < 1.29 is 14.1 Å². The monoisotopic (exact) mass is 413 g/mol. The van der Waals surface area contributed by atoms with Crippen LogP contribution in [0, 0.1) is 6.92 Å². The van der Waals surface area contributed by atoms with E-state index in [1.807, 2.05) is 49.4 Å². The number of aryl methyl sites for hydroxylation is 1.